The molecule has 1 aromatic carbocycles. The van der Waals surface area contributed by atoms with Crippen molar-refractivity contribution in [2.45, 2.75) is 25.5 Å². The Morgan fingerprint density at radius 2 is 1.81 bits per heavy atom. The van der Waals surface area contributed by atoms with Crippen molar-refractivity contribution in [2.24, 2.45) is 4.99 Å². The molecule has 2 nitrogen and oxygen atoms in total. The van der Waals surface area contributed by atoms with E-state index in [1.165, 1.54) is 16.5 Å². The summed E-state index contributed by atoms with van der Waals surface area (Å²) >= 11 is 6.00. The zero-order valence-electron chi connectivity index (χ0n) is 8.97. The van der Waals surface area contributed by atoms with Crippen LogP contribution in [-0.2, 0) is 15.6 Å². The molecule has 2 rings (SSSR count). The van der Waals surface area contributed by atoms with Gasteiger partial charge in [0.25, 0.3) is 0 Å². The molecule has 0 bridgehead atoms. The molecular formula is C11H13Br2NNiO. The number of hydrogen-bond acceptors (Lipinski definition) is 2. The SMILES string of the molecule is CC1(C)OC=N[C@@H]1c1ccccc1.[Br][Ni][Br]. The molecule has 1 aliphatic heterocycles. The molecule has 0 N–H and O–H groups in total. The second kappa shape index (κ2) is 6.78. The molecule has 0 spiro atoms. The Morgan fingerprint density at radius 3 is 2.25 bits per heavy atom. The fourth-order valence-electron chi connectivity index (χ4n) is 1.59. The van der Waals surface area contributed by atoms with Crippen LogP contribution in [0.4, 0.5) is 0 Å². The maximum absolute atomic E-state index is 5.42. The molecule has 0 saturated heterocycles. The van der Waals surface area contributed by atoms with Gasteiger partial charge in [0.05, 0.1) is 0 Å². The average molecular weight is 394 g/mol. The fraction of sp³-hybridized carbons (Fsp3) is 0.364. The summed E-state index contributed by atoms with van der Waals surface area (Å²) < 4.78 is 5.42. The molecule has 1 heterocycles. The predicted molar refractivity (Wildman–Crippen MR) is 70.7 cm³/mol. The van der Waals surface area contributed by atoms with Gasteiger partial charge in [0.15, 0.2) is 6.40 Å². The summed E-state index contributed by atoms with van der Waals surface area (Å²) in [6.07, 6.45) is 1.55. The molecule has 0 aromatic heterocycles. The summed E-state index contributed by atoms with van der Waals surface area (Å²) in [4.78, 5) is 4.31. The number of nitrogens with zero attached hydrogens (tertiary/aromatic N) is 1. The Kier molecular flexibility index (Phi) is 6.02. The number of ether oxygens (including phenoxy) is 1. The minimum atomic E-state index is -0.207. The second-order valence-electron chi connectivity index (χ2n) is 3.83. The summed E-state index contributed by atoms with van der Waals surface area (Å²) in [7, 11) is 1.25. The number of halogens is 2. The molecule has 1 aliphatic rings. The second-order valence-corrected chi connectivity index (χ2v) is 8.82. The van der Waals surface area contributed by atoms with Crippen LogP contribution in [0.15, 0.2) is 35.3 Å². The topological polar surface area (TPSA) is 21.6 Å². The quantitative estimate of drug-likeness (QED) is 0.654. The number of hydrogen-bond donors (Lipinski definition) is 0. The zero-order valence-corrected chi connectivity index (χ0v) is 13.1. The normalized spacial score (nSPS) is 21.1. The summed E-state index contributed by atoms with van der Waals surface area (Å²) in [6.45, 7) is 4.11. The van der Waals surface area contributed by atoms with Crippen LogP contribution in [0, 0.1) is 0 Å². The standard InChI is InChI=1S/C11H13NO.2BrH.Ni/c1-11(2)10(12-8-13-11)9-6-4-3-5-7-9;;;/h3-8,10H,1-2H3;2*1H;/q;;;+2/p-2/t10-;;;/m1.../s1. The van der Waals surface area contributed by atoms with Crippen LogP contribution in [0.2, 0.25) is 0 Å². The molecule has 0 saturated carbocycles. The van der Waals surface area contributed by atoms with Crippen molar-refractivity contribution in [1.29, 1.82) is 0 Å². The molecule has 0 aliphatic carbocycles. The third kappa shape index (κ3) is 3.86. The van der Waals surface area contributed by atoms with E-state index >= 15 is 0 Å². The third-order valence-corrected chi connectivity index (χ3v) is 2.34. The van der Waals surface area contributed by atoms with Gasteiger partial charge in [-0.25, -0.2) is 4.99 Å². The van der Waals surface area contributed by atoms with Crippen molar-refractivity contribution < 1.29 is 15.6 Å². The summed E-state index contributed by atoms with van der Waals surface area (Å²) in [5.41, 5.74) is 1.00. The van der Waals surface area contributed by atoms with Crippen molar-refractivity contribution in [3.05, 3.63) is 35.9 Å². The van der Waals surface area contributed by atoms with Crippen LogP contribution < -0.4 is 0 Å². The van der Waals surface area contributed by atoms with Gasteiger partial charge < -0.3 is 4.74 Å². The number of benzene rings is 1. The molecule has 1 atom stereocenters. The Morgan fingerprint density at radius 1 is 1.25 bits per heavy atom. The van der Waals surface area contributed by atoms with Gasteiger partial charge >= 0.3 is 39.3 Å². The van der Waals surface area contributed by atoms with Crippen LogP contribution in [-0.4, -0.2) is 12.0 Å². The first kappa shape index (κ1) is 14.2. The van der Waals surface area contributed by atoms with E-state index in [4.69, 9.17) is 4.74 Å². The fourth-order valence-corrected chi connectivity index (χ4v) is 1.59. The van der Waals surface area contributed by atoms with E-state index < -0.39 is 0 Å². The van der Waals surface area contributed by atoms with Crippen LogP contribution in [0.5, 0.6) is 0 Å². The van der Waals surface area contributed by atoms with Gasteiger partial charge in [-0.15, -0.1) is 0 Å². The maximum atomic E-state index is 5.42. The van der Waals surface area contributed by atoms with E-state index in [9.17, 15) is 0 Å². The molecule has 0 amide bonds. The van der Waals surface area contributed by atoms with Gasteiger partial charge in [0, 0.05) is 0 Å². The summed E-state index contributed by atoms with van der Waals surface area (Å²) in [6, 6.07) is 10.4. The van der Waals surface area contributed by atoms with Crippen LogP contribution in [0.25, 0.3) is 0 Å². The number of rotatable bonds is 1. The van der Waals surface area contributed by atoms with E-state index in [1.54, 1.807) is 6.40 Å². The van der Waals surface area contributed by atoms with E-state index in [0.717, 1.165) is 0 Å². The molecule has 0 fully saturated rings. The van der Waals surface area contributed by atoms with Gasteiger partial charge in [0.1, 0.15) is 11.6 Å². The van der Waals surface area contributed by atoms with E-state index in [-0.39, 0.29) is 11.6 Å². The zero-order chi connectivity index (χ0) is 12.0. The minimum absolute atomic E-state index is 0.133. The van der Waals surface area contributed by atoms with Crippen molar-refractivity contribution in [2.75, 3.05) is 0 Å². The van der Waals surface area contributed by atoms with Gasteiger partial charge in [0.2, 0.25) is 0 Å². The van der Waals surface area contributed by atoms with Crippen LogP contribution in [0.1, 0.15) is 25.5 Å². The van der Waals surface area contributed by atoms with E-state index in [0.29, 0.717) is 0 Å². The first-order chi connectivity index (χ1) is 7.61. The average Bonchev–Trinajstić information content (AvgIpc) is 2.60. The third-order valence-electron chi connectivity index (χ3n) is 2.34. The van der Waals surface area contributed by atoms with Gasteiger partial charge in [-0.1, -0.05) is 30.3 Å². The van der Waals surface area contributed by atoms with Gasteiger partial charge in [-0.05, 0) is 19.4 Å². The number of aliphatic imine (C=N–C) groups is 1. The Labute approximate surface area is 116 Å². The van der Waals surface area contributed by atoms with Crippen LogP contribution >= 0.6 is 28.5 Å². The van der Waals surface area contributed by atoms with Gasteiger partial charge in [-0.3, -0.25) is 0 Å². The molecule has 0 radical (unpaired) electrons. The molecule has 16 heavy (non-hydrogen) atoms. The Hall–Kier alpha value is 0.144. The molecule has 0 unspecified atom stereocenters. The molecular weight excluding hydrogens is 381 g/mol. The van der Waals surface area contributed by atoms with Crippen molar-refractivity contribution in [1.82, 2.24) is 0 Å². The van der Waals surface area contributed by atoms with E-state index in [2.05, 4.69) is 59.4 Å². The summed E-state index contributed by atoms with van der Waals surface area (Å²) in [5, 5.41) is 0. The molecule has 92 valence electrons. The van der Waals surface area contributed by atoms with Crippen molar-refractivity contribution in [3.63, 3.8) is 0 Å². The van der Waals surface area contributed by atoms with Crippen molar-refractivity contribution in [3.8, 4) is 0 Å². The van der Waals surface area contributed by atoms with Crippen LogP contribution in [0.3, 0.4) is 0 Å². The first-order valence-corrected chi connectivity index (χ1v) is 9.57. The Bertz CT molecular complexity index is 343. The van der Waals surface area contributed by atoms with Gasteiger partial charge in [-0.2, -0.15) is 0 Å². The monoisotopic (exact) mass is 391 g/mol. The molecule has 1 aromatic rings. The summed E-state index contributed by atoms with van der Waals surface area (Å²) in [5.74, 6) is 0. The Balaban J connectivity index is 0.000000386. The van der Waals surface area contributed by atoms with Crippen molar-refractivity contribution >= 4 is 34.9 Å². The predicted octanol–water partition coefficient (Wildman–Crippen LogP) is 4.25. The first-order valence-electron chi connectivity index (χ1n) is 4.68. The molecule has 5 heteroatoms. The van der Waals surface area contributed by atoms with E-state index in [1.807, 2.05) is 18.2 Å².